The largest absolute Gasteiger partial charge is 0.369 e. The Hall–Kier alpha value is -3.14. The molecule has 0 saturated heterocycles. The van der Waals surface area contributed by atoms with Gasteiger partial charge in [0, 0.05) is 32.9 Å². The minimum atomic E-state index is 0.00353. The van der Waals surface area contributed by atoms with Gasteiger partial charge in [0.25, 0.3) is 5.91 Å². The second-order valence-electron chi connectivity index (χ2n) is 6.58. The fourth-order valence-electron chi connectivity index (χ4n) is 3.02. The van der Waals surface area contributed by atoms with Crippen molar-refractivity contribution < 1.29 is 4.79 Å². The Labute approximate surface area is 161 Å². The molecule has 0 saturated carbocycles. The van der Waals surface area contributed by atoms with E-state index in [1.165, 1.54) is 5.56 Å². The quantitative estimate of drug-likeness (QED) is 0.628. The van der Waals surface area contributed by atoms with Gasteiger partial charge >= 0.3 is 0 Å². The smallest absolute Gasteiger partial charge is 0.255 e. The van der Waals surface area contributed by atoms with Crippen molar-refractivity contribution in [3.05, 3.63) is 95.8 Å². The first-order valence-corrected chi connectivity index (χ1v) is 9.20. The van der Waals surface area contributed by atoms with Gasteiger partial charge < -0.3 is 9.80 Å². The zero-order chi connectivity index (χ0) is 19.1. The number of pyridine rings is 1. The highest BCUT2D eigenvalue weighted by molar-refractivity contribution is 5.94. The highest BCUT2D eigenvalue weighted by atomic mass is 16.2. The Morgan fingerprint density at radius 2 is 1.48 bits per heavy atom. The summed E-state index contributed by atoms with van der Waals surface area (Å²) in [5.41, 5.74) is 3.89. The molecule has 27 heavy (non-hydrogen) atoms. The van der Waals surface area contributed by atoms with Crippen molar-refractivity contribution in [1.82, 2.24) is 9.88 Å². The summed E-state index contributed by atoms with van der Waals surface area (Å²) >= 11 is 0. The number of anilines is 1. The lowest BCUT2D eigenvalue weighted by Crippen LogP contribution is -2.30. The molecule has 138 valence electrons. The van der Waals surface area contributed by atoms with E-state index in [1.807, 2.05) is 73.5 Å². The van der Waals surface area contributed by atoms with Crippen LogP contribution in [-0.4, -0.2) is 29.4 Å². The number of aromatic nitrogens is 1. The van der Waals surface area contributed by atoms with Gasteiger partial charge in [-0.2, -0.15) is 0 Å². The van der Waals surface area contributed by atoms with E-state index < -0.39 is 0 Å². The molecular weight excluding hydrogens is 334 g/mol. The average molecular weight is 359 g/mol. The van der Waals surface area contributed by atoms with Crippen molar-refractivity contribution in [2.75, 3.05) is 18.5 Å². The van der Waals surface area contributed by atoms with Crippen LogP contribution in [0.1, 0.15) is 28.4 Å². The Morgan fingerprint density at radius 1 is 0.889 bits per heavy atom. The van der Waals surface area contributed by atoms with Crippen LogP contribution in [0.4, 0.5) is 5.69 Å². The molecule has 0 atom stereocenters. The van der Waals surface area contributed by atoms with Crippen LogP contribution in [0.5, 0.6) is 0 Å². The molecule has 1 aromatic heterocycles. The third-order valence-corrected chi connectivity index (χ3v) is 4.56. The van der Waals surface area contributed by atoms with E-state index in [0.717, 1.165) is 17.8 Å². The monoisotopic (exact) mass is 359 g/mol. The molecule has 0 bridgehead atoms. The van der Waals surface area contributed by atoms with Gasteiger partial charge in [-0.1, -0.05) is 60.7 Å². The summed E-state index contributed by atoms with van der Waals surface area (Å²) < 4.78 is 0. The molecule has 1 heterocycles. The summed E-state index contributed by atoms with van der Waals surface area (Å²) in [7, 11) is 2.01. The van der Waals surface area contributed by atoms with Gasteiger partial charge in [0.15, 0.2) is 0 Å². The molecule has 0 aliphatic rings. The number of amides is 1. The van der Waals surface area contributed by atoms with E-state index in [0.29, 0.717) is 18.7 Å². The van der Waals surface area contributed by atoms with E-state index in [4.69, 9.17) is 0 Å². The minimum Gasteiger partial charge on any atom is -0.369 e. The molecule has 0 N–H and O–H groups in total. The maximum absolute atomic E-state index is 13.0. The molecule has 0 radical (unpaired) electrons. The summed E-state index contributed by atoms with van der Waals surface area (Å²) in [6.07, 6.45) is 3.45. The Balaban J connectivity index is 1.74. The van der Waals surface area contributed by atoms with Crippen molar-refractivity contribution in [2.24, 2.45) is 0 Å². The SMILES string of the molecule is CCN(Cc1ccccc1)C(=O)c1cncc(N(C)Cc2ccccc2)c1. The summed E-state index contributed by atoms with van der Waals surface area (Å²) in [6.45, 7) is 4.01. The average Bonchev–Trinajstić information content (AvgIpc) is 2.73. The van der Waals surface area contributed by atoms with Crippen LogP contribution in [0.3, 0.4) is 0 Å². The lowest BCUT2D eigenvalue weighted by Gasteiger charge is -2.23. The predicted octanol–water partition coefficient (Wildman–Crippen LogP) is 4.38. The second-order valence-corrected chi connectivity index (χ2v) is 6.58. The van der Waals surface area contributed by atoms with Crippen molar-refractivity contribution in [3.8, 4) is 0 Å². The van der Waals surface area contributed by atoms with Gasteiger partial charge in [-0.3, -0.25) is 9.78 Å². The minimum absolute atomic E-state index is 0.00353. The van der Waals surface area contributed by atoms with E-state index in [2.05, 4.69) is 22.0 Å². The van der Waals surface area contributed by atoms with Crippen molar-refractivity contribution in [1.29, 1.82) is 0 Å². The van der Waals surface area contributed by atoms with Gasteiger partial charge in [0.2, 0.25) is 0 Å². The number of benzene rings is 2. The van der Waals surface area contributed by atoms with E-state index in [1.54, 1.807) is 12.4 Å². The molecule has 0 aliphatic heterocycles. The third kappa shape index (κ3) is 4.94. The number of hydrogen-bond acceptors (Lipinski definition) is 3. The van der Waals surface area contributed by atoms with E-state index >= 15 is 0 Å². The summed E-state index contributed by atoms with van der Waals surface area (Å²) in [6, 6.07) is 22.2. The highest BCUT2D eigenvalue weighted by Gasteiger charge is 2.16. The van der Waals surface area contributed by atoms with Gasteiger partial charge in [0.1, 0.15) is 0 Å². The fourth-order valence-corrected chi connectivity index (χ4v) is 3.02. The van der Waals surface area contributed by atoms with Crippen LogP contribution < -0.4 is 4.90 Å². The fraction of sp³-hybridized carbons (Fsp3) is 0.217. The molecule has 0 aliphatic carbocycles. The highest BCUT2D eigenvalue weighted by Crippen LogP contribution is 2.18. The van der Waals surface area contributed by atoms with Gasteiger partial charge in [-0.05, 0) is 24.1 Å². The molecule has 4 nitrogen and oxygen atoms in total. The van der Waals surface area contributed by atoms with Crippen LogP contribution in [0.25, 0.3) is 0 Å². The van der Waals surface area contributed by atoms with Gasteiger partial charge in [-0.15, -0.1) is 0 Å². The third-order valence-electron chi connectivity index (χ3n) is 4.56. The van der Waals surface area contributed by atoms with Crippen LogP contribution in [-0.2, 0) is 13.1 Å². The zero-order valence-corrected chi connectivity index (χ0v) is 15.9. The maximum Gasteiger partial charge on any atom is 0.255 e. The second kappa shape index (κ2) is 8.99. The number of nitrogens with zero attached hydrogens (tertiary/aromatic N) is 3. The van der Waals surface area contributed by atoms with Crippen molar-refractivity contribution >= 4 is 11.6 Å². The molecule has 0 spiro atoms. The molecule has 0 unspecified atom stereocenters. The summed E-state index contributed by atoms with van der Waals surface area (Å²) in [5, 5.41) is 0. The Morgan fingerprint density at radius 3 is 2.07 bits per heavy atom. The van der Waals surface area contributed by atoms with Crippen LogP contribution in [0, 0.1) is 0 Å². The van der Waals surface area contributed by atoms with E-state index in [-0.39, 0.29) is 5.91 Å². The van der Waals surface area contributed by atoms with Gasteiger partial charge in [-0.25, -0.2) is 0 Å². The summed E-state index contributed by atoms with van der Waals surface area (Å²) in [5.74, 6) is 0.00353. The Kier molecular flexibility index (Phi) is 6.21. The molecule has 3 rings (SSSR count). The van der Waals surface area contributed by atoms with Crippen LogP contribution in [0.2, 0.25) is 0 Å². The number of rotatable bonds is 7. The maximum atomic E-state index is 13.0. The lowest BCUT2D eigenvalue weighted by atomic mass is 10.1. The standard InChI is InChI=1S/C23H25N3O/c1-3-26(18-20-12-8-5-9-13-20)23(27)21-14-22(16-24-15-21)25(2)17-19-10-6-4-7-11-19/h4-16H,3,17-18H2,1-2H3. The molecule has 3 aromatic rings. The van der Waals surface area contributed by atoms with Crippen LogP contribution >= 0.6 is 0 Å². The first-order chi connectivity index (χ1) is 13.2. The number of carbonyl (C=O) groups is 1. The lowest BCUT2D eigenvalue weighted by molar-refractivity contribution is 0.0752. The number of carbonyl (C=O) groups excluding carboxylic acids is 1. The summed E-state index contributed by atoms with van der Waals surface area (Å²) in [4.78, 5) is 21.2. The Bertz CT molecular complexity index is 865. The van der Waals surface area contributed by atoms with E-state index in [9.17, 15) is 4.79 Å². The molecule has 1 amide bonds. The first kappa shape index (κ1) is 18.6. The van der Waals surface area contributed by atoms with Gasteiger partial charge in [0.05, 0.1) is 17.4 Å². The molecule has 4 heteroatoms. The van der Waals surface area contributed by atoms with Crippen molar-refractivity contribution in [2.45, 2.75) is 20.0 Å². The first-order valence-electron chi connectivity index (χ1n) is 9.20. The molecular formula is C23H25N3O. The topological polar surface area (TPSA) is 36.4 Å². The van der Waals surface area contributed by atoms with Crippen molar-refractivity contribution in [3.63, 3.8) is 0 Å². The molecule has 2 aromatic carbocycles. The normalized spacial score (nSPS) is 10.4. The van der Waals surface area contributed by atoms with Crippen LogP contribution in [0.15, 0.2) is 79.1 Å². The predicted molar refractivity (Wildman–Crippen MR) is 110 cm³/mol. The molecule has 0 fully saturated rings. The number of hydrogen-bond donors (Lipinski definition) is 0. The zero-order valence-electron chi connectivity index (χ0n) is 15.9.